The summed E-state index contributed by atoms with van der Waals surface area (Å²) >= 11 is 0. The Morgan fingerprint density at radius 2 is 2.00 bits per heavy atom. The van der Waals surface area contributed by atoms with E-state index < -0.39 is 0 Å². The van der Waals surface area contributed by atoms with Gasteiger partial charge >= 0.3 is 0 Å². The second kappa shape index (κ2) is 7.93. The lowest BCUT2D eigenvalue weighted by Gasteiger charge is -2.28. The second-order valence-corrected chi connectivity index (χ2v) is 6.87. The van der Waals surface area contributed by atoms with Crippen molar-refractivity contribution in [1.82, 2.24) is 20.4 Å². The number of nitrogens with zero attached hydrogens (tertiary/aromatic N) is 3. The molecule has 25 heavy (non-hydrogen) atoms. The fourth-order valence-electron chi connectivity index (χ4n) is 3.05. The molecule has 3 rings (SSSR count). The molecule has 0 saturated carbocycles. The van der Waals surface area contributed by atoms with E-state index in [4.69, 9.17) is 9.26 Å². The van der Waals surface area contributed by atoms with Crippen molar-refractivity contribution in [3.05, 3.63) is 35.2 Å². The van der Waals surface area contributed by atoms with Crippen molar-refractivity contribution < 1.29 is 14.4 Å². The van der Waals surface area contributed by atoms with Crippen LogP contribution in [-0.4, -0.2) is 33.4 Å². The highest BCUT2D eigenvalue weighted by atomic mass is 16.5. The minimum absolute atomic E-state index is 0.0781. The lowest BCUT2D eigenvalue weighted by molar-refractivity contribution is 0.0484. The average molecular weight is 346 g/mol. The van der Waals surface area contributed by atoms with Crippen molar-refractivity contribution in [2.45, 2.75) is 52.1 Å². The van der Waals surface area contributed by atoms with Crippen molar-refractivity contribution in [1.29, 1.82) is 0 Å². The van der Waals surface area contributed by atoms with E-state index in [0.717, 1.165) is 31.7 Å². The molecule has 7 heteroatoms. The van der Waals surface area contributed by atoms with E-state index in [1.807, 2.05) is 20.8 Å². The van der Waals surface area contributed by atoms with Gasteiger partial charge in [0.05, 0.1) is 11.7 Å². The molecule has 1 aliphatic rings. The summed E-state index contributed by atoms with van der Waals surface area (Å²) in [6.07, 6.45) is 1.87. The van der Waals surface area contributed by atoms with E-state index in [2.05, 4.69) is 20.4 Å². The standard InChI is InChI=1S/C18H26N4O3/c1-11(2)17-21-18(25-22-17)16(13-6-8-24-9-7-13)19-10-14-15(23)5-4-12(3)20-14/h4-5,11,13,16,19,23H,6-10H2,1-3H3. The largest absolute Gasteiger partial charge is 0.506 e. The molecule has 0 aromatic carbocycles. The molecule has 136 valence electrons. The Morgan fingerprint density at radius 3 is 2.68 bits per heavy atom. The van der Waals surface area contributed by atoms with Crippen LogP contribution in [0.3, 0.4) is 0 Å². The Balaban J connectivity index is 1.79. The van der Waals surface area contributed by atoms with Gasteiger partial charge in [0.15, 0.2) is 5.82 Å². The maximum Gasteiger partial charge on any atom is 0.244 e. The monoisotopic (exact) mass is 346 g/mol. The van der Waals surface area contributed by atoms with Crippen LogP contribution >= 0.6 is 0 Å². The third-order valence-electron chi connectivity index (χ3n) is 4.56. The van der Waals surface area contributed by atoms with Gasteiger partial charge < -0.3 is 14.4 Å². The molecule has 1 atom stereocenters. The Bertz CT molecular complexity index is 695. The molecule has 2 aromatic heterocycles. The van der Waals surface area contributed by atoms with Gasteiger partial charge in [-0.3, -0.25) is 10.3 Å². The van der Waals surface area contributed by atoms with Crippen LogP contribution in [-0.2, 0) is 11.3 Å². The minimum atomic E-state index is -0.0781. The van der Waals surface area contributed by atoms with Crippen molar-refractivity contribution in [3.63, 3.8) is 0 Å². The number of aryl methyl sites for hydroxylation is 1. The number of aromatic hydroxyl groups is 1. The lowest BCUT2D eigenvalue weighted by atomic mass is 9.91. The molecule has 0 radical (unpaired) electrons. The van der Waals surface area contributed by atoms with Crippen LogP contribution in [0.15, 0.2) is 16.7 Å². The maximum atomic E-state index is 10.0. The minimum Gasteiger partial charge on any atom is -0.506 e. The van der Waals surface area contributed by atoms with Gasteiger partial charge in [-0.25, -0.2) is 0 Å². The molecule has 3 heterocycles. The van der Waals surface area contributed by atoms with E-state index in [-0.39, 0.29) is 17.7 Å². The Morgan fingerprint density at radius 1 is 1.24 bits per heavy atom. The van der Waals surface area contributed by atoms with Gasteiger partial charge in [-0.05, 0) is 37.8 Å². The zero-order chi connectivity index (χ0) is 17.8. The first-order valence-corrected chi connectivity index (χ1v) is 8.84. The predicted molar refractivity (Wildman–Crippen MR) is 92.1 cm³/mol. The van der Waals surface area contributed by atoms with Crippen LogP contribution in [0, 0.1) is 12.8 Å². The summed E-state index contributed by atoms with van der Waals surface area (Å²) in [6, 6.07) is 3.39. The number of pyridine rings is 1. The van der Waals surface area contributed by atoms with Crippen LogP contribution in [0.2, 0.25) is 0 Å². The van der Waals surface area contributed by atoms with Crippen molar-refractivity contribution >= 4 is 0 Å². The summed E-state index contributed by atoms with van der Waals surface area (Å²) in [5, 5.41) is 17.6. The molecular weight excluding hydrogens is 320 g/mol. The average Bonchev–Trinajstić information content (AvgIpc) is 3.09. The Hall–Kier alpha value is -1.99. The van der Waals surface area contributed by atoms with Crippen LogP contribution < -0.4 is 5.32 Å². The molecule has 2 N–H and O–H groups in total. The molecule has 0 spiro atoms. The molecular formula is C18H26N4O3. The van der Waals surface area contributed by atoms with E-state index in [1.165, 1.54) is 0 Å². The maximum absolute atomic E-state index is 10.0. The highest BCUT2D eigenvalue weighted by molar-refractivity contribution is 5.27. The van der Waals surface area contributed by atoms with Crippen molar-refractivity contribution in [2.75, 3.05) is 13.2 Å². The Kier molecular flexibility index (Phi) is 5.65. The van der Waals surface area contributed by atoms with Crippen molar-refractivity contribution in [3.8, 4) is 5.75 Å². The normalized spacial score (nSPS) is 17.1. The second-order valence-electron chi connectivity index (χ2n) is 6.87. The summed E-state index contributed by atoms with van der Waals surface area (Å²) in [6.45, 7) is 7.91. The van der Waals surface area contributed by atoms with E-state index in [0.29, 0.717) is 29.9 Å². The SMILES string of the molecule is Cc1ccc(O)c(CNC(c2nc(C(C)C)no2)C2CCOCC2)n1. The van der Waals surface area contributed by atoms with Crippen LogP contribution in [0.1, 0.15) is 61.8 Å². The summed E-state index contributed by atoms with van der Waals surface area (Å²) in [5.41, 5.74) is 1.50. The molecule has 0 amide bonds. The highest BCUT2D eigenvalue weighted by Gasteiger charge is 2.30. The number of hydrogen-bond acceptors (Lipinski definition) is 7. The molecule has 1 aliphatic heterocycles. The zero-order valence-corrected chi connectivity index (χ0v) is 15.0. The zero-order valence-electron chi connectivity index (χ0n) is 15.0. The van der Waals surface area contributed by atoms with Gasteiger partial charge in [-0.1, -0.05) is 19.0 Å². The van der Waals surface area contributed by atoms with Crippen molar-refractivity contribution in [2.24, 2.45) is 5.92 Å². The molecule has 1 saturated heterocycles. The number of rotatable bonds is 6. The van der Waals surface area contributed by atoms with Gasteiger partial charge in [0, 0.05) is 31.4 Å². The van der Waals surface area contributed by atoms with Gasteiger partial charge in [-0.15, -0.1) is 0 Å². The van der Waals surface area contributed by atoms with Crippen LogP contribution in [0.5, 0.6) is 5.75 Å². The summed E-state index contributed by atoms with van der Waals surface area (Å²) in [4.78, 5) is 8.99. The van der Waals surface area contributed by atoms with Gasteiger partial charge in [0.1, 0.15) is 5.75 Å². The van der Waals surface area contributed by atoms with E-state index in [9.17, 15) is 5.11 Å². The van der Waals surface area contributed by atoms with Crippen LogP contribution in [0.4, 0.5) is 0 Å². The van der Waals surface area contributed by atoms with Gasteiger partial charge in [0.2, 0.25) is 5.89 Å². The molecule has 1 fully saturated rings. The third kappa shape index (κ3) is 4.35. The number of ether oxygens (including phenoxy) is 1. The first kappa shape index (κ1) is 17.8. The van der Waals surface area contributed by atoms with Gasteiger partial charge in [-0.2, -0.15) is 4.98 Å². The molecule has 2 aromatic rings. The number of nitrogens with one attached hydrogen (secondary N) is 1. The first-order chi connectivity index (χ1) is 12.0. The number of hydrogen-bond donors (Lipinski definition) is 2. The Labute approximate surface area is 147 Å². The predicted octanol–water partition coefficient (Wildman–Crippen LogP) is 2.86. The van der Waals surface area contributed by atoms with Crippen LogP contribution in [0.25, 0.3) is 0 Å². The third-order valence-corrected chi connectivity index (χ3v) is 4.56. The smallest absolute Gasteiger partial charge is 0.244 e. The first-order valence-electron chi connectivity index (χ1n) is 8.84. The fourth-order valence-corrected chi connectivity index (χ4v) is 3.05. The number of aromatic nitrogens is 3. The topological polar surface area (TPSA) is 93.3 Å². The van der Waals surface area contributed by atoms with E-state index >= 15 is 0 Å². The molecule has 7 nitrogen and oxygen atoms in total. The fraction of sp³-hybridized carbons (Fsp3) is 0.611. The van der Waals surface area contributed by atoms with Gasteiger partial charge in [0.25, 0.3) is 0 Å². The van der Waals surface area contributed by atoms with E-state index in [1.54, 1.807) is 12.1 Å². The summed E-state index contributed by atoms with van der Waals surface area (Å²) < 4.78 is 11.0. The lowest BCUT2D eigenvalue weighted by Crippen LogP contribution is -2.32. The molecule has 0 bridgehead atoms. The molecule has 0 aliphatic carbocycles. The summed E-state index contributed by atoms with van der Waals surface area (Å²) in [5.74, 6) is 2.07. The summed E-state index contributed by atoms with van der Waals surface area (Å²) in [7, 11) is 0. The quantitative estimate of drug-likeness (QED) is 0.830. The molecule has 1 unspecified atom stereocenters. The highest BCUT2D eigenvalue weighted by Crippen LogP contribution is 2.30.